The van der Waals surface area contributed by atoms with Gasteiger partial charge in [-0.1, -0.05) is 12.1 Å². The van der Waals surface area contributed by atoms with E-state index >= 15 is 0 Å². The first-order valence-corrected chi connectivity index (χ1v) is 13.0. The van der Waals surface area contributed by atoms with Gasteiger partial charge in [-0.2, -0.15) is 0 Å². The molecule has 0 unspecified atom stereocenters. The molecule has 2 aliphatic rings. The normalized spacial score (nSPS) is 24.7. The van der Waals surface area contributed by atoms with E-state index in [0.717, 1.165) is 25.7 Å². The zero-order valence-corrected chi connectivity index (χ0v) is 23.6. The molecule has 6 heteroatoms. The topological polar surface area (TPSA) is 61.9 Å². The summed E-state index contributed by atoms with van der Waals surface area (Å²) in [5.74, 6) is 0.143. The Labute approximate surface area is 212 Å². The molecule has 2 saturated heterocycles. The lowest BCUT2D eigenvalue weighted by molar-refractivity contribution is -0.0837. The van der Waals surface area contributed by atoms with Gasteiger partial charge in [-0.15, -0.1) is 0 Å². The average Bonchev–Trinajstić information content (AvgIpc) is 2.70. The maximum atomic E-state index is 13.1. The van der Waals surface area contributed by atoms with Crippen LogP contribution in [0.2, 0.25) is 0 Å². The molecule has 0 aliphatic carbocycles. The third-order valence-electron chi connectivity index (χ3n) is 8.47. The van der Waals surface area contributed by atoms with E-state index in [9.17, 15) is 9.59 Å². The van der Waals surface area contributed by atoms with Crippen molar-refractivity contribution in [1.82, 2.24) is 15.3 Å². The molecule has 0 bridgehead atoms. The number of nitrogens with one attached hydrogen (secondary N) is 1. The molecule has 3 rings (SSSR count). The van der Waals surface area contributed by atoms with E-state index in [2.05, 4.69) is 77.8 Å². The summed E-state index contributed by atoms with van der Waals surface area (Å²) in [6, 6.07) is 7.03. The summed E-state index contributed by atoms with van der Waals surface area (Å²) >= 11 is 0. The fourth-order valence-corrected chi connectivity index (χ4v) is 6.99. The van der Waals surface area contributed by atoms with Gasteiger partial charge in [-0.3, -0.25) is 15.1 Å². The van der Waals surface area contributed by atoms with Crippen LogP contribution in [0, 0.1) is 5.92 Å². The molecule has 0 saturated carbocycles. The van der Waals surface area contributed by atoms with E-state index < -0.39 is 0 Å². The van der Waals surface area contributed by atoms with E-state index in [-0.39, 0.29) is 40.0 Å². The number of piperidine rings is 2. The van der Waals surface area contributed by atoms with Crippen LogP contribution in [0.4, 0.5) is 0 Å². The molecular formula is C29H47N3O3. The molecule has 0 spiro atoms. The summed E-state index contributed by atoms with van der Waals surface area (Å²) in [6.07, 6.45) is 3.91. The fraction of sp³-hybridized carbons (Fsp3) is 0.724. The molecular weight excluding hydrogens is 438 g/mol. The van der Waals surface area contributed by atoms with E-state index in [0.29, 0.717) is 23.5 Å². The second-order valence-corrected chi connectivity index (χ2v) is 13.3. The number of hydrogen-bond acceptors (Lipinski definition) is 6. The number of rotatable bonds is 6. The van der Waals surface area contributed by atoms with Crippen LogP contribution < -0.4 is 5.43 Å². The number of carbonyl (C=O) groups is 2. The van der Waals surface area contributed by atoms with Crippen LogP contribution in [0.15, 0.2) is 24.3 Å². The molecule has 196 valence electrons. The summed E-state index contributed by atoms with van der Waals surface area (Å²) in [6.45, 7) is 17.7. The third kappa shape index (κ3) is 5.98. The number of ether oxygens (including phenoxy) is 1. The summed E-state index contributed by atoms with van der Waals surface area (Å²) in [5.41, 5.74) is 4.35. The van der Waals surface area contributed by atoms with Gasteiger partial charge in [-0.25, -0.2) is 9.80 Å². The Balaban J connectivity index is 1.63. The summed E-state index contributed by atoms with van der Waals surface area (Å²) in [5, 5.41) is 2.31. The van der Waals surface area contributed by atoms with Crippen molar-refractivity contribution >= 4 is 11.8 Å². The summed E-state index contributed by atoms with van der Waals surface area (Å²) in [4.78, 5) is 28.4. The SMILES string of the molecule is CNN1C(C)(C)CC(CC(=O)c2ccc(C(=O)OC3CC(C)(C)N(C)C(C)(C)C3)cc2)CC1(C)C. The van der Waals surface area contributed by atoms with Gasteiger partial charge in [-0.05, 0) is 100 Å². The second-order valence-electron chi connectivity index (χ2n) is 13.3. The molecule has 2 fully saturated rings. The molecule has 6 nitrogen and oxygen atoms in total. The predicted octanol–water partition coefficient (Wildman–Crippen LogP) is 5.47. The molecule has 1 N–H and O–H groups in total. The number of benzene rings is 1. The van der Waals surface area contributed by atoms with Crippen LogP contribution in [0.1, 0.15) is 108 Å². The number of nitrogens with zero attached hydrogens (tertiary/aromatic N) is 2. The first kappa shape index (κ1) is 27.8. The van der Waals surface area contributed by atoms with Gasteiger partial charge in [0.2, 0.25) is 0 Å². The highest BCUT2D eigenvalue weighted by Gasteiger charge is 2.46. The van der Waals surface area contributed by atoms with Gasteiger partial charge < -0.3 is 4.74 Å². The van der Waals surface area contributed by atoms with Crippen molar-refractivity contribution in [3.63, 3.8) is 0 Å². The van der Waals surface area contributed by atoms with Crippen LogP contribution in [-0.4, -0.2) is 64.0 Å². The van der Waals surface area contributed by atoms with Crippen molar-refractivity contribution in [2.45, 2.75) is 116 Å². The van der Waals surface area contributed by atoms with E-state index in [4.69, 9.17) is 4.74 Å². The predicted molar refractivity (Wildman–Crippen MR) is 142 cm³/mol. The first-order chi connectivity index (χ1) is 16.0. The molecule has 2 aliphatic heterocycles. The maximum Gasteiger partial charge on any atom is 0.338 e. The number of likely N-dealkylation sites (tertiary alicyclic amines) is 1. The monoisotopic (exact) mass is 485 g/mol. The van der Waals surface area contributed by atoms with Crippen LogP contribution in [0.3, 0.4) is 0 Å². The molecule has 0 amide bonds. The van der Waals surface area contributed by atoms with Gasteiger partial charge in [0.05, 0.1) is 5.56 Å². The van der Waals surface area contributed by atoms with E-state index in [1.54, 1.807) is 24.3 Å². The van der Waals surface area contributed by atoms with Gasteiger partial charge in [0.1, 0.15) is 6.10 Å². The molecule has 35 heavy (non-hydrogen) atoms. The Morgan fingerprint density at radius 2 is 1.29 bits per heavy atom. The quantitative estimate of drug-likeness (QED) is 0.426. The number of hydrazine groups is 1. The number of ketones is 1. The molecule has 0 radical (unpaired) electrons. The maximum absolute atomic E-state index is 13.1. The zero-order valence-electron chi connectivity index (χ0n) is 23.6. The minimum absolute atomic E-state index is 0.0356. The van der Waals surface area contributed by atoms with Crippen molar-refractivity contribution in [2.24, 2.45) is 5.92 Å². The Kier molecular flexibility index (Phi) is 7.63. The number of carbonyl (C=O) groups excluding carboxylic acids is 2. The van der Waals surface area contributed by atoms with Crippen molar-refractivity contribution in [3.8, 4) is 0 Å². The molecule has 2 heterocycles. The lowest BCUT2D eigenvalue weighted by atomic mass is 9.73. The largest absolute Gasteiger partial charge is 0.459 e. The number of esters is 1. The average molecular weight is 486 g/mol. The smallest absolute Gasteiger partial charge is 0.338 e. The van der Waals surface area contributed by atoms with Crippen molar-refractivity contribution in [3.05, 3.63) is 35.4 Å². The molecule has 0 atom stereocenters. The highest BCUT2D eigenvalue weighted by Crippen LogP contribution is 2.42. The molecule has 1 aromatic rings. The Morgan fingerprint density at radius 1 is 0.829 bits per heavy atom. The van der Waals surface area contributed by atoms with Crippen LogP contribution in [0.25, 0.3) is 0 Å². The lowest BCUT2D eigenvalue weighted by Gasteiger charge is -2.54. The number of Topliss-reactive ketones (excluding diaryl/α,β-unsaturated/α-hetero) is 1. The lowest BCUT2D eigenvalue weighted by Crippen LogP contribution is -2.65. The van der Waals surface area contributed by atoms with Crippen molar-refractivity contribution < 1.29 is 14.3 Å². The number of hydrogen-bond donors (Lipinski definition) is 1. The van der Waals surface area contributed by atoms with Crippen molar-refractivity contribution in [1.29, 1.82) is 0 Å². The Morgan fingerprint density at radius 3 is 1.74 bits per heavy atom. The Hall–Kier alpha value is -1.76. The highest BCUT2D eigenvalue weighted by molar-refractivity contribution is 5.97. The van der Waals surface area contributed by atoms with Gasteiger partial charge >= 0.3 is 5.97 Å². The fourth-order valence-electron chi connectivity index (χ4n) is 6.99. The molecule has 0 aromatic heterocycles. The van der Waals surface area contributed by atoms with Gasteiger partial charge in [0.15, 0.2) is 5.78 Å². The minimum Gasteiger partial charge on any atom is -0.459 e. The first-order valence-electron chi connectivity index (χ1n) is 13.0. The van der Waals surface area contributed by atoms with Crippen molar-refractivity contribution in [2.75, 3.05) is 14.1 Å². The van der Waals surface area contributed by atoms with Crippen LogP contribution in [-0.2, 0) is 4.74 Å². The highest BCUT2D eigenvalue weighted by atomic mass is 16.5. The standard InChI is InChI=1S/C29H47N3O3/c1-26(2)18-23(19-27(3,4)31(26)10)35-25(34)22-13-11-21(12-14-22)24(33)15-20-16-28(5,6)32(30-9)29(7,8)17-20/h11-14,20,23,30H,15-19H2,1-10H3. The minimum atomic E-state index is -0.312. The van der Waals surface area contributed by atoms with Crippen LogP contribution >= 0.6 is 0 Å². The molecule has 1 aromatic carbocycles. The second kappa shape index (κ2) is 9.60. The summed E-state index contributed by atoms with van der Waals surface area (Å²) in [7, 11) is 4.11. The van der Waals surface area contributed by atoms with Gasteiger partial charge in [0, 0.05) is 47.0 Å². The summed E-state index contributed by atoms with van der Waals surface area (Å²) < 4.78 is 5.92. The van der Waals surface area contributed by atoms with E-state index in [1.807, 2.05) is 7.05 Å². The zero-order chi connectivity index (χ0) is 26.4. The third-order valence-corrected chi connectivity index (χ3v) is 8.47. The van der Waals surface area contributed by atoms with E-state index in [1.165, 1.54) is 0 Å². The van der Waals surface area contributed by atoms with Crippen LogP contribution in [0.5, 0.6) is 0 Å². The Bertz CT molecular complexity index is 897. The van der Waals surface area contributed by atoms with Gasteiger partial charge in [0.25, 0.3) is 0 Å².